The Balaban J connectivity index is 2.67. The number of benzene rings is 1. The molecule has 0 unspecified atom stereocenters. The van der Waals surface area contributed by atoms with E-state index in [1.807, 2.05) is 0 Å². The predicted molar refractivity (Wildman–Crippen MR) is 277 cm³/mol. The van der Waals surface area contributed by atoms with Gasteiger partial charge in [0.1, 0.15) is 48.3 Å². The summed E-state index contributed by atoms with van der Waals surface area (Å²) in [5.74, 6) is -7.36. The first-order valence-electron chi connectivity index (χ1n) is 25.7. The minimum atomic E-state index is -1.61. The Kier molecular flexibility index (Phi) is 30.4. The van der Waals surface area contributed by atoms with Crippen molar-refractivity contribution < 1.29 is 48.3 Å². The molecule has 18 N–H and O–H groups in total. The molecule has 1 aliphatic heterocycles. The molecule has 73 heavy (non-hydrogen) atoms. The third-order valence-corrected chi connectivity index (χ3v) is 12.3. The van der Waals surface area contributed by atoms with E-state index in [0.717, 1.165) is 38.5 Å². The minimum Gasteiger partial charge on any atom is -0.391 e. The fourth-order valence-corrected chi connectivity index (χ4v) is 8.29. The Labute approximate surface area is 434 Å². The van der Waals surface area contributed by atoms with Crippen LogP contribution in [0, 0.1) is 5.92 Å². The highest BCUT2D eigenvalue weighted by atomic mass is 35.5. The highest BCUT2D eigenvalue weighted by molar-refractivity contribution is 6.30. The number of aliphatic hydroxyl groups is 1. The Bertz CT molecular complexity index is 1950. The number of nitrogens with one attached hydrogen (secondary N) is 9. The third-order valence-electron chi connectivity index (χ3n) is 12.1. The van der Waals surface area contributed by atoms with Crippen molar-refractivity contribution in [1.29, 1.82) is 0 Å². The Morgan fingerprint density at radius 2 is 1.18 bits per heavy atom. The van der Waals surface area contributed by atoms with Gasteiger partial charge in [0.2, 0.25) is 53.2 Å². The third kappa shape index (κ3) is 24.0. The maximum absolute atomic E-state index is 14.4. The molecule has 0 bridgehead atoms. The highest BCUT2D eigenvalue weighted by Gasteiger charge is 2.36. The number of aliphatic hydroxyl groups excluding tert-OH is 1. The van der Waals surface area contributed by atoms with Crippen LogP contribution in [0.15, 0.2) is 24.3 Å². The van der Waals surface area contributed by atoms with Crippen molar-refractivity contribution in [3.05, 3.63) is 34.9 Å². The Hall–Kier alpha value is -5.46. The number of carbonyl (C=O) groups is 9. The van der Waals surface area contributed by atoms with Crippen LogP contribution in [-0.4, -0.2) is 145 Å². The summed E-state index contributed by atoms with van der Waals surface area (Å²) in [6, 6.07) is -4.49. The van der Waals surface area contributed by atoms with Crippen molar-refractivity contribution in [2.45, 2.75) is 178 Å². The van der Waals surface area contributed by atoms with Gasteiger partial charge >= 0.3 is 0 Å². The topological polar surface area (TPSA) is 386 Å². The molecule has 0 saturated carbocycles. The molecule has 1 saturated heterocycles. The summed E-state index contributed by atoms with van der Waals surface area (Å²) >= 11 is 6.30. The van der Waals surface area contributed by atoms with E-state index in [2.05, 4.69) is 54.8 Å². The van der Waals surface area contributed by atoms with Gasteiger partial charge in [-0.2, -0.15) is 0 Å². The number of rotatable bonds is 24. The van der Waals surface area contributed by atoms with E-state index in [1.165, 1.54) is 6.92 Å². The number of nitrogens with two attached hydrogens (primary N) is 4. The molecule has 1 heterocycles. The number of hydrogen-bond donors (Lipinski definition) is 14. The summed E-state index contributed by atoms with van der Waals surface area (Å²) in [4.78, 5) is 125. The van der Waals surface area contributed by atoms with Crippen LogP contribution in [0.4, 0.5) is 0 Å². The van der Waals surface area contributed by atoms with Crippen LogP contribution in [0.5, 0.6) is 0 Å². The molecule has 1 fully saturated rings. The van der Waals surface area contributed by atoms with Crippen molar-refractivity contribution in [3.8, 4) is 0 Å². The van der Waals surface area contributed by atoms with Gasteiger partial charge < -0.3 is 75.9 Å². The normalized spacial score (nSPS) is 23.1. The standard InChI is InChI=1S/C49H84ClN13O10/c1-5-6-7-8-9-10-11-15-40(65)56-33(16-21-51)42(66)60-37-20-25-55-49(73)41(30(4)64)63-46(70)36(19-24-54)58-43(67)34(17-22-52)59-47(71)38(26-29(2)3)61-48(72)39(28-31-13-12-14-32(50)27-31)62-44(68)35(18-23-53)57-45(37)69/h12-14,27,29-30,33-39,41,64H,5-11,15-26,28,51-54H2,1-4H3,(H,55,73)(H,56,65)(H,57,69)(H,58,67)(H,59,71)(H,60,66)(H,61,72)(H,62,68)(H,63,70)/t30-,33-,34+,35+,36+,37+,38+,39-,41+/m1/s1. The van der Waals surface area contributed by atoms with Crippen molar-refractivity contribution in [2.75, 3.05) is 32.7 Å². The van der Waals surface area contributed by atoms with E-state index in [1.54, 1.807) is 38.1 Å². The predicted octanol–water partition coefficient (Wildman–Crippen LogP) is -1.76. The summed E-state index contributed by atoms with van der Waals surface area (Å²) in [7, 11) is 0. The summed E-state index contributed by atoms with van der Waals surface area (Å²) in [5, 5.41) is 34.6. The second kappa shape index (κ2) is 34.9. The van der Waals surface area contributed by atoms with Crippen molar-refractivity contribution in [3.63, 3.8) is 0 Å². The molecule has 1 aromatic carbocycles. The molecule has 9 atom stereocenters. The zero-order chi connectivity index (χ0) is 54.5. The van der Waals surface area contributed by atoms with Gasteiger partial charge in [0.05, 0.1) is 6.10 Å². The van der Waals surface area contributed by atoms with Crippen LogP contribution >= 0.6 is 11.6 Å². The molecule has 0 aromatic heterocycles. The molecule has 1 aromatic rings. The van der Waals surface area contributed by atoms with E-state index >= 15 is 0 Å². The maximum atomic E-state index is 14.4. The Morgan fingerprint density at radius 3 is 1.71 bits per heavy atom. The SMILES string of the molecule is CCCCCCCCCC(=O)N[C@H](CCN)C(=O)N[C@H]1CCNC(=O)[C@H]([C@@H](C)O)NC(=O)[C@H](CCN)NC(=O)[C@H](CCN)NC(=O)[C@H](CC(C)C)NC(=O)[C@@H](Cc2cccc(Cl)c2)NC(=O)[C@H](CCN)NC1=O. The maximum Gasteiger partial charge on any atom is 0.245 e. The molecule has 1 aliphatic rings. The smallest absolute Gasteiger partial charge is 0.245 e. The second-order valence-electron chi connectivity index (χ2n) is 18.9. The first-order chi connectivity index (χ1) is 34.8. The molecular weight excluding hydrogens is 966 g/mol. The number of amides is 9. The lowest BCUT2D eigenvalue weighted by Gasteiger charge is -2.28. The molecule has 2 rings (SSSR count). The zero-order valence-electron chi connectivity index (χ0n) is 43.0. The lowest BCUT2D eigenvalue weighted by molar-refractivity contribution is -0.136. The van der Waals surface area contributed by atoms with E-state index in [0.29, 0.717) is 17.0 Å². The van der Waals surface area contributed by atoms with Gasteiger partial charge in [0.15, 0.2) is 0 Å². The summed E-state index contributed by atoms with van der Waals surface area (Å²) in [6.07, 6.45) is 4.72. The van der Waals surface area contributed by atoms with Crippen molar-refractivity contribution in [1.82, 2.24) is 47.9 Å². The number of hydrogen-bond acceptors (Lipinski definition) is 14. The second-order valence-corrected chi connectivity index (χ2v) is 19.4. The largest absolute Gasteiger partial charge is 0.391 e. The monoisotopic (exact) mass is 1050 g/mol. The molecule has 0 aliphatic carbocycles. The van der Waals surface area contributed by atoms with Crippen LogP contribution in [-0.2, 0) is 49.6 Å². The lowest BCUT2D eigenvalue weighted by atomic mass is 10.00. The fourth-order valence-electron chi connectivity index (χ4n) is 8.07. The summed E-state index contributed by atoms with van der Waals surface area (Å²) < 4.78 is 0. The van der Waals surface area contributed by atoms with E-state index < -0.39 is 102 Å². The first-order valence-corrected chi connectivity index (χ1v) is 26.1. The lowest BCUT2D eigenvalue weighted by Crippen LogP contribution is -2.61. The van der Waals surface area contributed by atoms with Gasteiger partial charge in [-0.3, -0.25) is 43.2 Å². The average molecular weight is 1050 g/mol. The highest BCUT2D eigenvalue weighted by Crippen LogP contribution is 2.15. The molecular formula is C49H84ClN13O10. The van der Waals surface area contributed by atoms with Gasteiger partial charge in [0.25, 0.3) is 0 Å². The number of carbonyl (C=O) groups excluding carboxylic acids is 9. The van der Waals surface area contributed by atoms with Crippen molar-refractivity contribution >= 4 is 64.8 Å². The van der Waals surface area contributed by atoms with Crippen LogP contribution in [0.25, 0.3) is 0 Å². The summed E-state index contributed by atoms with van der Waals surface area (Å²) in [6.45, 7) is 6.30. The van der Waals surface area contributed by atoms with Crippen molar-refractivity contribution in [2.24, 2.45) is 28.9 Å². The van der Waals surface area contributed by atoms with Gasteiger partial charge in [0, 0.05) is 24.4 Å². The first kappa shape index (κ1) is 63.7. The van der Waals surface area contributed by atoms with Gasteiger partial charge in [-0.15, -0.1) is 0 Å². The van der Waals surface area contributed by atoms with Gasteiger partial charge in [-0.25, -0.2) is 0 Å². The molecule has 0 radical (unpaired) electrons. The quantitative estimate of drug-likeness (QED) is 0.0511. The van der Waals surface area contributed by atoms with Crippen LogP contribution in [0.3, 0.4) is 0 Å². The number of halogens is 1. The van der Waals surface area contributed by atoms with E-state index in [9.17, 15) is 48.3 Å². The van der Waals surface area contributed by atoms with Gasteiger partial charge in [-0.1, -0.05) is 83.0 Å². The molecule has 412 valence electrons. The molecule has 0 spiro atoms. The minimum absolute atomic E-state index is 0.00266. The van der Waals surface area contributed by atoms with Crippen LogP contribution < -0.4 is 70.8 Å². The fraction of sp³-hybridized carbons (Fsp3) is 0.694. The number of unbranched alkanes of at least 4 members (excludes halogenated alkanes) is 6. The van der Waals surface area contributed by atoms with E-state index in [-0.39, 0.29) is 95.9 Å². The average Bonchev–Trinajstić information content (AvgIpc) is 3.33. The zero-order valence-corrected chi connectivity index (χ0v) is 43.8. The molecule has 24 heteroatoms. The van der Waals surface area contributed by atoms with Crippen LogP contribution in [0.2, 0.25) is 5.02 Å². The summed E-state index contributed by atoms with van der Waals surface area (Å²) in [5.41, 5.74) is 24.0. The molecule has 9 amide bonds. The van der Waals surface area contributed by atoms with E-state index in [4.69, 9.17) is 34.5 Å². The Morgan fingerprint density at radius 1 is 0.671 bits per heavy atom. The van der Waals surface area contributed by atoms with Crippen LogP contribution in [0.1, 0.15) is 123 Å². The molecule has 23 nitrogen and oxygen atoms in total. The van der Waals surface area contributed by atoms with Gasteiger partial charge in [-0.05, 0) is 102 Å².